The molecular weight excluding hydrogens is 309 g/mol. The molecule has 1 atom stereocenters. The highest BCUT2D eigenvalue weighted by molar-refractivity contribution is 6.37. The topological polar surface area (TPSA) is 57.2 Å². The van der Waals surface area contributed by atoms with Gasteiger partial charge in [0.2, 0.25) is 0 Å². The molecule has 0 bridgehead atoms. The molecule has 1 aromatic heterocycles. The van der Waals surface area contributed by atoms with Crippen molar-refractivity contribution in [3.8, 4) is 0 Å². The lowest BCUT2D eigenvalue weighted by Gasteiger charge is -2.23. The summed E-state index contributed by atoms with van der Waals surface area (Å²) in [5, 5.41) is 17.2. The minimum Gasteiger partial charge on any atom is -0.391 e. The molecule has 4 nitrogen and oxygen atoms in total. The molecule has 3 N–H and O–H groups in total. The van der Waals surface area contributed by atoms with E-state index in [4.69, 9.17) is 23.2 Å². The highest BCUT2D eigenvalue weighted by atomic mass is 35.5. The Morgan fingerprint density at radius 2 is 1.76 bits per heavy atom. The van der Waals surface area contributed by atoms with Crippen molar-refractivity contribution in [2.45, 2.75) is 46.6 Å². The highest BCUT2D eigenvalue weighted by Crippen LogP contribution is 2.29. The monoisotopic (exact) mass is 333 g/mol. The molecule has 1 rings (SSSR count). The predicted octanol–water partition coefficient (Wildman–Crippen LogP) is 4.42. The van der Waals surface area contributed by atoms with Crippen LogP contribution in [-0.4, -0.2) is 29.3 Å². The molecule has 0 aliphatic heterocycles. The Hall–Kier alpha value is -0.710. The molecule has 0 fully saturated rings. The fourth-order valence-electron chi connectivity index (χ4n) is 1.95. The molecular formula is C15H25Cl2N3O. The highest BCUT2D eigenvalue weighted by Gasteiger charge is 2.17. The number of hydrogen-bond donors (Lipinski definition) is 3. The van der Waals surface area contributed by atoms with E-state index in [-0.39, 0.29) is 5.41 Å². The number of rotatable bonds is 7. The number of nitrogens with one attached hydrogen (secondary N) is 2. The fourth-order valence-corrected chi connectivity index (χ4v) is 2.44. The van der Waals surface area contributed by atoms with E-state index in [0.29, 0.717) is 34.6 Å². The number of hydrogen-bond acceptors (Lipinski definition) is 4. The van der Waals surface area contributed by atoms with Crippen LogP contribution in [0.1, 0.15) is 40.5 Å². The first-order valence-electron chi connectivity index (χ1n) is 7.24. The van der Waals surface area contributed by atoms with Gasteiger partial charge in [-0.25, -0.2) is 4.98 Å². The quantitative estimate of drug-likeness (QED) is 0.691. The second-order valence-electron chi connectivity index (χ2n) is 6.38. The van der Waals surface area contributed by atoms with E-state index >= 15 is 0 Å². The summed E-state index contributed by atoms with van der Waals surface area (Å²) in [5.41, 5.74) is 0.0756. The zero-order valence-electron chi connectivity index (χ0n) is 13.1. The van der Waals surface area contributed by atoms with Crippen LogP contribution < -0.4 is 10.6 Å². The molecule has 0 saturated heterocycles. The first kappa shape index (κ1) is 18.3. The van der Waals surface area contributed by atoms with Crippen LogP contribution in [0.15, 0.2) is 6.07 Å². The van der Waals surface area contributed by atoms with Gasteiger partial charge in [-0.2, -0.15) is 0 Å². The van der Waals surface area contributed by atoms with Gasteiger partial charge in [-0.05, 0) is 24.3 Å². The van der Waals surface area contributed by atoms with Crippen molar-refractivity contribution in [1.29, 1.82) is 0 Å². The van der Waals surface area contributed by atoms with E-state index in [1.165, 1.54) is 0 Å². The third-order valence-electron chi connectivity index (χ3n) is 2.83. The lowest BCUT2D eigenvalue weighted by atomic mass is 9.89. The Balaban J connectivity index is 2.69. The van der Waals surface area contributed by atoms with Crippen molar-refractivity contribution in [3.05, 3.63) is 16.1 Å². The molecule has 120 valence electrons. The van der Waals surface area contributed by atoms with Gasteiger partial charge in [0.15, 0.2) is 0 Å². The fraction of sp³-hybridized carbons (Fsp3) is 0.667. The summed E-state index contributed by atoms with van der Waals surface area (Å²) in [7, 11) is 0. The van der Waals surface area contributed by atoms with E-state index in [1.807, 2.05) is 0 Å². The molecule has 0 aromatic carbocycles. The van der Waals surface area contributed by atoms with E-state index in [9.17, 15) is 5.11 Å². The smallest absolute Gasteiger partial charge is 0.147 e. The number of nitrogens with zero attached hydrogens (tertiary/aromatic N) is 1. The normalized spacial score (nSPS) is 13.1. The lowest BCUT2D eigenvalue weighted by molar-refractivity contribution is 0.132. The summed E-state index contributed by atoms with van der Waals surface area (Å²) in [6.07, 6.45) is 1.23. The van der Waals surface area contributed by atoms with Gasteiger partial charge in [-0.1, -0.05) is 50.9 Å². The SMILES string of the molecule is CCCNc1nc(NCC(O)CC(C)(C)C)c(Cl)cc1Cl. The zero-order valence-corrected chi connectivity index (χ0v) is 14.6. The van der Waals surface area contributed by atoms with Crippen LogP contribution >= 0.6 is 23.2 Å². The van der Waals surface area contributed by atoms with Gasteiger partial charge in [0.1, 0.15) is 11.6 Å². The molecule has 0 radical (unpaired) electrons. The molecule has 0 amide bonds. The molecule has 0 spiro atoms. The minimum atomic E-state index is -0.453. The third kappa shape index (κ3) is 6.72. The maximum absolute atomic E-state index is 10.0. The van der Waals surface area contributed by atoms with Gasteiger partial charge >= 0.3 is 0 Å². The summed E-state index contributed by atoms with van der Waals surface area (Å²) in [4.78, 5) is 4.38. The molecule has 0 aliphatic carbocycles. The van der Waals surface area contributed by atoms with E-state index in [0.717, 1.165) is 13.0 Å². The Kier molecular flexibility index (Phi) is 7.04. The van der Waals surface area contributed by atoms with Gasteiger partial charge in [0.25, 0.3) is 0 Å². The number of aliphatic hydroxyl groups excluding tert-OH is 1. The average Bonchev–Trinajstić information content (AvgIpc) is 2.34. The van der Waals surface area contributed by atoms with E-state index in [1.54, 1.807) is 6.07 Å². The first-order valence-corrected chi connectivity index (χ1v) is 8.00. The molecule has 1 unspecified atom stereocenters. The summed E-state index contributed by atoms with van der Waals surface area (Å²) < 4.78 is 0. The number of pyridine rings is 1. The number of halogens is 2. The van der Waals surface area contributed by atoms with Crippen LogP contribution in [-0.2, 0) is 0 Å². The summed E-state index contributed by atoms with van der Waals surface area (Å²) in [6, 6.07) is 1.66. The molecule has 0 aliphatic rings. The van der Waals surface area contributed by atoms with Gasteiger partial charge in [-0.15, -0.1) is 0 Å². The third-order valence-corrected chi connectivity index (χ3v) is 3.40. The lowest BCUT2D eigenvalue weighted by Crippen LogP contribution is -2.25. The van der Waals surface area contributed by atoms with Crippen LogP contribution in [0.5, 0.6) is 0 Å². The molecule has 6 heteroatoms. The van der Waals surface area contributed by atoms with Crippen molar-refractivity contribution in [2.75, 3.05) is 23.7 Å². The number of aromatic nitrogens is 1. The van der Waals surface area contributed by atoms with Crippen LogP contribution in [0.25, 0.3) is 0 Å². The Morgan fingerprint density at radius 1 is 1.19 bits per heavy atom. The standard InChI is InChI=1S/C15H25Cl2N3O/c1-5-6-18-13-11(16)7-12(17)14(20-13)19-9-10(21)8-15(2,3)4/h7,10,21H,5-6,8-9H2,1-4H3,(H2,18,19,20). The van der Waals surface area contributed by atoms with Crippen LogP contribution in [0, 0.1) is 5.41 Å². The molecule has 1 aromatic rings. The summed E-state index contributed by atoms with van der Waals surface area (Å²) in [5.74, 6) is 1.14. The van der Waals surface area contributed by atoms with Crippen LogP contribution in [0.3, 0.4) is 0 Å². The summed E-state index contributed by atoms with van der Waals surface area (Å²) in [6.45, 7) is 9.54. The Bertz CT molecular complexity index is 461. The second-order valence-corrected chi connectivity index (χ2v) is 7.19. The maximum Gasteiger partial charge on any atom is 0.147 e. The van der Waals surface area contributed by atoms with Crippen molar-refractivity contribution < 1.29 is 5.11 Å². The van der Waals surface area contributed by atoms with Crippen molar-refractivity contribution in [3.63, 3.8) is 0 Å². The minimum absolute atomic E-state index is 0.0756. The molecule has 21 heavy (non-hydrogen) atoms. The van der Waals surface area contributed by atoms with Gasteiger partial charge < -0.3 is 15.7 Å². The van der Waals surface area contributed by atoms with Crippen molar-refractivity contribution in [2.24, 2.45) is 5.41 Å². The average molecular weight is 334 g/mol. The van der Waals surface area contributed by atoms with Crippen LogP contribution in [0.4, 0.5) is 11.6 Å². The van der Waals surface area contributed by atoms with Crippen molar-refractivity contribution in [1.82, 2.24) is 4.98 Å². The number of aliphatic hydroxyl groups is 1. The maximum atomic E-state index is 10.0. The Morgan fingerprint density at radius 3 is 2.29 bits per heavy atom. The first-order chi connectivity index (χ1) is 9.73. The summed E-state index contributed by atoms with van der Waals surface area (Å²) >= 11 is 12.2. The van der Waals surface area contributed by atoms with Gasteiger partial charge in [0.05, 0.1) is 16.1 Å². The van der Waals surface area contributed by atoms with E-state index in [2.05, 4.69) is 43.3 Å². The van der Waals surface area contributed by atoms with Gasteiger partial charge in [-0.3, -0.25) is 0 Å². The van der Waals surface area contributed by atoms with E-state index < -0.39 is 6.10 Å². The predicted molar refractivity (Wildman–Crippen MR) is 91.6 cm³/mol. The zero-order chi connectivity index (χ0) is 16.0. The van der Waals surface area contributed by atoms with Crippen molar-refractivity contribution >= 4 is 34.8 Å². The largest absolute Gasteiger partial charge is 0.391 e. The second kappa shape index (κ2) is 8.06. The Labute approximate surface area is 137 Å². The number of anilines is 2. The van der Waals surface area contributed by atoms with Gasteiger partial charge in [0, 0.05) is 13.1 Å². The molecule has 1 heterocycles. The van der Waals surface area contributed by atoms with Crippen LogP contribution in [0.2, 0.25) is 10.0 Å². The molecule has 0 saturated carbocycles.